The summed E-state index contributed by atoms with van der Waals surface area (Å²) in [6.45, 7) is 10.7. The number of anilines is 1. The zero-order valence-corrected chi connectivity index (χ0v) is 17.4. The third-order valence-corrected chi connectivity index (χ3v) is 4.41. The minimum atomic E-state index is -0.158. The number of carbonyl (C=O) groups is 2. The van der Waals surface area contributed by atoms with Crippen LogP contribution in [0.1, 0.15) is 64.7 Å². The van der Waals surface area contributed by atoms with Gasteiger partial charge in [0.1, 0.15) is 0 Å². The zero-order valence-electron chi connectivity index (χ0n) is 17.4. The van der Waals surface area contributed by atoms with E-state index in [1.54, 1.807) is 11.8 Å². The minimum Gasteiger partial charge on any atom is -0.339 e. The predicted octanol–water partition coefficient (Wildman–Crippen LogP) is 3.70. The Labute approximate surface area is 166 Å². The van der Waals surface area contributed by atoms with Crippen LogP contribution in [0.2, 0.25) is 0 Å². The van der Waals surface area contributed by atoms with E-state index in [9.17, 15) is 9.59 Å². The van der Waals surface area contributed by atoms with Crippen molar-refractivity contribution < 1.29 is 14.1 Å². The molecular formula is C21H30N4O3. The van der Waals surface area contributed by atoms with Crippen LogP contribution in [0, 0.1) is 0 Å². The summed E-state index contributed by atoms with van der Waals surface area (Å²) in [7, 11) is 0. The monoisotopic (exact) mass is 386 g/mol. The average molecular weight is 386 g/mol. The number of amides is 2. The third-order valence-electron chi connectivity index (χ3n) is 4.41. The molecule has 0 spiro atoms. The number of aromatic nitrogens is 2. The van der Waals surface area contributed by atoms with Crippen LogP contribution in [0.3, 0.4) is 0 Å². The Morgan fingerprint density at radius 1 is 1.21 bits per heavy atom. The number of rotatable bonds is 8. The molecule has 2 aromatic rings. The molecule has 0 saturated carbocycles. The number of nitrogens with one attached hydrogen (secondary N) is 1. The van der Waals surface area contributed by atoms with Gasteiger partial charge < -0.3 is 14.7 Å². The molecular weight excluding hydrogens is 356 g/mol. The molecule has 0 bridgehead atoms. The van der Waals surface area contributed by atoms with Gasteiger partial charge in [0.15, 0.2) is 5.82 Å². The quantitative estimate of drug-likeness (QED) is 0.747. The molecule has 2 rings (SSSR count). The van der Waals surface area contributed by atoms with Crippen molar-refractivity contribution in [2.45, 2.75) is 65.8 Å². The van der Waals surface area contributed by atoms with Gasteiger partial charge in [-0.15, -0.1) is 0 Å². The van der Waals surface area contributed by atoms with Crippen LogP contribution in [0.4, 0.5) is 5.69 Å². The van der Waals surface area contributed by atoms with E-state index in [4.69, 9.17) is 4.52 Å². The fraction of sp³-hybridized carbons (Fsp3) is 0.524. The first-order chi connectivity index (χ1) is 13.2. The Balaban J connectivity index is 1.89. The molecule has 28 heavy (non-hydrogen) atoms. The standard InChI is InChI=1S/C21H30N4O3/c1-6-25(15(2)26)14-16-10-7-8-11-17(16)22-18(27)12-9-13-19-23-20(24-28-19)21(3,4)5/h7-8,10-11H,6,9,12-14H2,1-5H3,(H,22,27). The Hall–Kier alpha value is -2.70. The van der Waals surface area contributed by atoms with E-state index in [0.29, 0.717) is 44.1 Å². The summed E-state index contributed by atoms with van der Waals surface area (Å²) in [4.78, 5) is 30.1. The highest BCUT2D eigenvalue weighted by Crippen LogP contribution is 2.20. The number of hydrogen-bond donors (Lipinski definition) is 1. The van der Waals surface area contributed by atoms with E-state index < -0.39 is 0 Å². The number of nitrogens with zero attached hydrogens (tertiary/aromatic N) is 3. The van der Waals surface area contributed by atoms with Crippen molar-refractivity contribution in [1.29, 1.82) is 0 Å². The largest absolute Gasteiger partial charge is 0.339 e. The second-order valence-corrected chi connectivity index (χ2v) is 7.85. The van der Waals surface area contributed by atoms with E-state index in [1.165, 1.54) is 0 Å². The average Bonchev–Trinajstić information content (AvgIpc) is 3.10. The molecule has 7 heteroatoms. The van der Waals surface area contributed by atoms with Crippen molar-refractivity contribution in [2.24, 2.45) is 0 Å². The number of benzene rings is 1. The number of para-hydroxylation sites is 1. The Morgan fingerprint density at radius 2 is 1.93 bits per heavy atom. The van der Waals surface area contributed by atoms with Crippen molar-refractivity contribution in [3.05, 3.63) is 41.5 Å². The fourth-order valence-corrected chi connectivity index (χ4v) is 2.71. The van der Waals surface area contributed by atoms with Crippen molar-refractivity contribution >= 4 is 17.5 Å². The van der Waals surface area contributed by atoms with Crippen molar-refractivity contribution in [3.63, 3.8) is 0 Å². The highest BCUT2D eigenvalue weighted by molar-refractivity contribution is 5.91. The summed E-state index contributed by atoms with van der Waals surface area (Å²) in [5, 5.41) is 6.95. The van der Waals surface area contributed by atoms with Gasteiger partial charge in [0, 0.05) is 44.0 Å². The molecule has 1 heterocycles. The molecule has 0 aliphatic rings. The van der Waals surface area contributed by atoms with Gasteiger partial charge in [-0.2, -0.15) is 4.98 Å². The van der Waals surface area contributed by atoms with Gasteiger partial charge in [-0.3, -0.25) is 9.59 Å². The van der Waals surface area contributed by atoms with Gasteiger partial charge >= 0.3 is 0 Å². The maximum atomic E-state index is 12.4. The van der Waals surface area contributed by atoms with Crippen LogP contribution in [-0.2, 0) is 28.0 Å². The van der Waals surface area contributed by atoms with Gasteiger partial charge in [0.05, 0.1) is 0 Å². The SMILES string of the molecule is CCN(Cc1ccccc1NC(=O)CCCc1nc(C(C)(C)C)no1)C(C)=O. The topological polar surface area (TPSA) is 88.3 Å². The third kappa shape index (κ3) is 6.18. The lowest BCUT2D eigenvalue weighted by Crippen LogP contribution is -2.28. The molecule has 0 saturated heterocycles. The first-order valence-electron chi connectivity index (χ1n) is 9.67. The molecule has 2 amide bonds. The van der Waals surface area contributed by atoms with Gasteiger partial charge in [0.2, 0.25) is 17.7 Å². The number of hydrogen-bond acceptors (Lipinski definition) is 5. The molecule has 1 aromatic heterocycles. The summed E-state index contributed by atoms with van der Waals surface area (Å²) >= 11 is 0. The summed E-state index contributed by atoms with van der Waals surface area (Å²) in [5.74, 6) is 1.16. The minimum absolute atomic E-state index is 0.0119. The molecule has 1 N–H and O–H groups in total. The molecule has 0 aliphatic heterocycles. The predicted molar refractivity (Wildman–Crippen MR) is 108 cm³/mol. The summed E-state index contributed by atoms with van der Waals surface area (Å²) in [6.07, 6.45) is 1.53. The highest BCUT2D eigenvalue weighted by Gasteiger charge is 2.20. The number of carbonyl (C=O) groups excluding carboxylic acids is 2. The normalized spacial score (nSPS) is 11.3. The van der Waals surface area contributed by atoms with Gasteiger partial charge in [-0.1, -0.05) is 44.1 Å². The summed E-state index contributed by atoms with van der Waals surface area (Å²) in [5.41, 5.74) is 1.49. The van der Waals surface area contributed by atoms with E-state index in [1.807, 2.05) is 52.0 Å². The lowest BCUT2D eigenvalue weighted by molar-refractivity contribution is -0.129. The van der Waals surface area contributed by atoms with Crippen LogP contribution in [0.15, 0.2) is 28.8 Å². The van der Waals surface area contributed by atoms with Crippen LogP contribution in [0.25, 0.3) is 0 Å². The molecule has 0 atom stereocenters. The van der Waals surface area contributed by atoms with Gasteiger partial charge in [-0.25, -0.2) is 0 Å². The molecule has 0 unspecified atom stereocenters. The maximum Gasteiger partial charge on any atom is 0.226 e. The lowest BCUT2D eigenvalue weighted by Gasteiger charge is -2.21. The van der Waals surface area contributed by atoms with E-state index >= 15 is 0 Å². The van der Waals surface area contributed by atoms with E-state index in [0.717, 1.165) is 11.3 Å². The second kappa shape index (κ2) is 9.48. The van der Waals surface area contributed by atoms with Gasteiger partial charge in [-0.05, 0) is 25.0 Å². The van der Waals surface area contributed by atoms with Crippen LogP contribution in [0.5, 0.6) is 0 Å². The lowest BCUT2D eigenvalue weighted by atomic mass is 9.96. The Morgan fingerprint density at radius 3 is 2.54 bits per heavy atom. The molecule has 1 aromatic carbocycles. The molecule has 0 fully saturated rings. The van der Waals surface area contributed by atoms with Crippen LogP contribution >= 0.6 is 0 Å². The maximum absolute atomic E-state index is 12.4. The van der Waals surface area contributed by atoms with Crippen molar-refractivity contribution in [1.82, 2.24) is 15.0 Å². The van der Waals surface area contributed by atoms with E-state index in [-0.39, 0.29) is 17.2 Å². The number of aryl methyl sites for hydroxylation is 1. The first-order valence-corrected chi connectivity index (χ1v) is 9.67. The molecule has 0 aliphatic carbocycles. The Kier molecular flexibility index (Phi) is 7.31. The van der Waals surface area contributed by atoms with Crippen LogP contribution < -0.4 is 5.32 Å². The highest BCUT2D eigenvalue weighted by atomic mass is 16.5. The molecule has 7 nitrogen and oxygen atoms in total. The first kappa shape index (κ1) is 21.6. The Bertz CT molecular complexity index is 808. The van der Waals surface area contributed by atoms with Crippen LogP contribution in [-0.4, -0.2) is 33.4 Å². The fourth-order valence-electron chi connectivity index (χ4n) is 2.71. The smallest absolute Gasteiger partial charge is 0.226 e. The summed E-state index contributed by atoms with van der Waals surface area (Å²) < 4.78 is 5.26. The second-order valence-electron chi connectivity index (χ2n) is 7.85. The van der Waals surface area contributed by atoms with E-state index in [2.05, 4.69) is 15.5 Å². The summed E-state index contributed by atoms with van der Waals surface area (Å²) in [6, 6.07) is 7.56. The van der Waals surface area contributed by atoms with Crippen molar-refractivity contribution in [3.8, 4) is 0 Å². The molecule has 152 valence electrons. The molecule has 0 radical (unpaired) electrons. The zero-order chi connectivity index (χ0) is 20.7. The van der Waals surface area contributed by atoms with Gasteiger partial charge in [0.25, 0.3) is 0 Å². The van der Waals surface area contributed by atoms with Crippen molar-refractivity contribution in [2.75, 3.05) is 11.9 Å².